The molecule has 0 aliphatic rings. The van der Waals surface area contributed by atoms with Crippen molar-refractivity contribution in [1.82, 2.24) is 0 Å². The third kappa shape index (κ3) is 7.66. The molecule has 1 aromatic carbocycles. The highest BCUT2D eigenvalue weighted by atomic mass is 16.5. The van der Waals surface area contributed by atoms with Crippen molar-refractivity contribution in [3.8, 4) is 11.5 Å². The van der Waals surface area contributed by atoms with Crippen LogP contribution < -0.4 is 14.8 Å². The molecule has 0 amide bonds. The summed E-state index contributed by atoms with van der Waals surface area (Å²) in [6.07, 6.45) is 2.14. The number of ether oxygens (including phenoxy) is 3. The summed E-state index contributed by atoms with van der Waals surface area (Å²) >= 11 is 0. The zero-order valence-electron chi connectivity index (χ0n) is 14.6. The van der Waals surface area contributed by atoms with Crippen LogP contribution in [0.5, 0.6) is 11.5 Å². The van der Waals surface area contributed by atoms with Gasteiger partial charge in [0.15, 0.2) is 11.5 Å². The van der Waals surface area contributed by atoms with E-state index in [1.165, 1.54) is 5.56 Å². The van der Waals surface area contributed by atoms with Gasteiger partial charge in [0.25, 0.3) is 0 Å². The summed E-state index contributed by atoms with van der Waals surface area (Å²) in [7, 11) is 1.69. The topological polar surface area (TPSA) is 44.3 Å². The maximum Gasteiger partial charge on any atom is 0.161 e. The minimum Gasteiger partial charge on any atom is -0.493 e. The van der Waals surface area contributed by atoms with E-state index in [0.29, 0.717) is 5.92 Å². The van der Waals surface area contributed by atoms with Gasteiger partial charge in [-0.05, 0) is 37.5 Å². The SMILES string of the molecule is CCOCCC[NH2+]Cc1ccc(OCCC(C)C)c(OC)c1. The minimum atomic E-state index is 0.650. The smallest absolute Gasteiger partial charge is 0.161 e. The summed E-state index contributed by atoms with van der Waals surface area (Å²) in [5.41, 5.74) is 1.25. The molecule has 0 aromatic heterocycles. The summed E-state index contributed by atoms with van der Waals surface area (Å²) in [5.74, 6) is 2.31. The van der Waals surface area contributed by atoms with E-state index < -0.39 is 0 Å². The van der Waals surface area contributed by atoms with Crippen LogP contribution in [0.2, 0.25) is 0 Å². The van der Waals surface area contributed by atoms with Crippen LogP contribution in [0.1, 0.15) is 39.2 Å². The highest BCUT2D eigenvalue weighted by Crippen LogP contribution is 2.28. The predicted molar refractivity (Wildman–Crippen MR) is 89.6 cm³/mol. The van der Waals surface area contributed by atoms with Crippen molar-refractivity contribution < 1.29 is 19.5 Å². The quantitative estimate of drug-likeness (QED) is 0.604. The predicted octanol–water partition coefficient (Wildman–Crippen LogP) is 2.61. The van der Waals surface area contributed by atoms with Crippen LogP contribution in [0, 0.1) is 5.92 Å². The number of quaternary nitrogens is 1. The van der Waals surface area contributed by atoms with Crippen LogP contribution in [-0.2, 0) is 11.3 Å². The third-order valence-electron chi connectivity index (χ3n) is 3.46. The molecule has 0 aliphatic carbocycles. The van der Waals surface area contributed by atoms with E-state index >= 15 is 0 Å². The number of rotatable bonds is 12. The van der Waals surface area contributed by atoms with Crippen molar-refractivity contribution in [1.29, 1.82) is 0 Å². The summed E-state index contributed by atoms with van der Waals surface area (Å²) in [6.45, 7) is 10.8. The van der Waals surface area contributed by atoms with Gasteiger partial charge in [0.2, 0.25) is 0 Å². The van der Waals surface area contributed by atoms with Gasteiger partial charge >= 0.3 is 0 Å². The Morgan fingerprint density at radius 3 is 2.64 bits per heavy atom. The number of benzene rings is 1. The van der Waals surface area contributed by atoms with E-state index in [0.717, 1.165) is 57.3 Å². The van der Waals surface area contributed by atoms with Crippen molar-refractivity contribution >= 4 is 0 Å². The van der Waals surface area contributed by atoms with Crippen molar-refractivity contribution in [3.05, 3.63) is 23.8 Å². The molecule has 0 heterocycles. The Hall–Kier alpha value is -1.26. The second-order valence-electron chi connectivity index (χ2n) is 5.85. The molecule has 2 N–H and O–H groups in total. The van der Waals surface area contributed by atoms with Gasteiger partial charge in [0, 0.05) is 18.6 Å². The van der Waals surface area contributed by atoms with Crippen LogP contribution in [0.4, 0.5) is 0 Å². The Morgan fingerprint density at radius 2 is 1.95 bits per heavy atom. The molecule has 0 radical (unpaired) electrons. The molecule has 0 saturated carbocycles. The number of nitrogens with two attached hydrogens (primary N) is 1. The van der Waals surface area contributed by atoms with Gasteiger partial charge in [-0.2, -0.15) is 0 Å². The van der Waals surface area contributed by atoms with Gasteiger partial charge in [0.1, 0.15) is 6.54 Å². The molecule has 0 saturated heterocycles. The molecule has 1 aromatic rings. The Morgan fingerprint density at radius 1 is 1.14 bits per heavy atom. The van der Waals surface area contributed by atoms with Gasteiger partial charge in [0.05, 0.1) is 26.9 Å². The van der Waals surface area contributed by atoms with E-state index in [9.17, 15) is 0 Å². The molecule has 0 atom stereocenters. The highest BCUT2D eigenvalue weighted by molar-refractivity contribution is 5.42. The fourth-order valence-electron chi connectivity index (χ4n) is 2.11. The van der Waals surface area contributed by atoms with Crippen molar-refractivity contribution in [3.63, 3.8) is 0 Å². The lowest BCUT2D eigenvalue weighted by molar-refractivity contribution is -0.671. The number of methoxy groups -OCH3 is 1. The van der Waals surface area contributed by atoms with Crippen LogP contribution >= 0.6 is 0 Å². The minimum absolute atomic E-state index is 0.650. The first-order valence-electron chi connectivity index (χ1n) is 8.36. The van der Waals surface area contributed by atoms with Gasteiger partial charge in [-0.1, -0.05) is 13.8 Å². The van der Waals surface area contributed by atoms with Crippen LogP contribution in [0.15, 0.2) is 18.2 Å². The van der Waals surface area contributed by atoms with Crippen molar-refractivity contribution in [2.45, 2.75) is 40.2 Å². The lowest BCUT2D eigenvalue weighted by Gasteiger charge is -2.13. The molecule has 4 nitrogen and oxygen atoms in total. The van der Waals surface area contributed by atoms with E-state index in [4.69, 9.17) is 14.2 Å². The van der Waals surface area contributed by atoms with Crippen molar-refractivity contribution in [2.75, 3.05) is 33.5 Å². The molecule has 0 fully saturated rings. The average Bonchev–Trinajstić information content (AvgIpc) is 2.51. The van der Waals surface area contributed by atoms with E-state index in [1.54, 1.807) is 7.11 Å². The number of hydrogen-bond acceptors (Lipinski definition) is 3. The molecule has 4 heteroatoms. The van der Waals surface area contributed by atoms with Gasteiger partial charge in [-0.15, -0.1) is 0 Å². The average molecular weight is 310 g/mol. The third-order valence-corrected chi connectivity index (χ3v) is 3.46. The van der Waals surface area contributed by atoms with Crippen LogP contribution in [0.25, 0.3) is 0 Å². The standard InChI is InChI=1S/C18H31NO3/c1-5-21-11-6-10-19-14-16-7-8-17(18(13-16)20-4)22-12-9-15(2)3/h7-8,13,15,19H,5-6,9-12,14H2,1-4H3/p+1. The fraction of sp³-hybridized carbons (Fsp3) is 0.667. The first kappa shape index (κ1) is 18.8. The first-order valence-corrected chi connectivity index (χ1v) is 8.36. The van der Waals surface area contributed by atoms with Gasteiger partial charge in [-0.3, -0.25) is 0 Å². The van der Waals surface area contributed by atoms with Gasteiger partial charge < -0.3 is 19.5 Å². The zero-order valence-corrected chi connectivity index (χ0v) is 14.6. The van der Waals surface area contributed by atoms with E-state index in [-0.39, 0.29) is 0 Å². The molecule has 126 valence electrons. The highest BCUT2D eigenvalue weighted by Gasteiger charge is 2.07. The molecular weight excluding hydrogens is 278 g/mol. The normalized spacial score (nSPS) is 11.0. The monoisotopic (exact) mass is 310 g/mol. The summed E-state index contributed by atoms with van der Waals surface area (Å²) in [6, 6.07) is 6.21. The molecule has 0 aliphatic heterocycles. The Labute approximate surface area is 135 Å². The first-order chi connectivity index (χ1) is 10.7. The fourth-order valence-corrected chi connectivity index (χ4v) is 2.11. The molecule has 22 heavy (non-hydrogen) atoms. The van der Waals surface area contributed by atoms with Gasteiger partial charge in [-0.25, -0.2) is 0 Å². The Balaban J connectivity index is 2.39. The Bertz CT molecular complexity index is 407. The number of hydrogen-bond donors (Lipinski definition) is 1. The second kappa shape index (κ2) is 11.3. The lowest BCUT2D eigenvalue weighted by atomic mass is 10.1. The van der Waals surface area contributed by atoms with Crippen molar-refractivity contribution in [2.24, 2.45) is 5.92 Å². The zero-order chi connectivity index (χ0) is 16.2. The molecule has 1 rings (SSSR count). The van der Waals surface area contributed by atoms with E-state index in [1.807, 2.05) is 13.0 Å². The Kier molecular flexibility index (Phi) is 9.67. The lowest BCUT2D eigenvalue weighted by Crippen LogP contribution is -2.82. The summed E-state index contributed by atoms with van der Waals surface area (Å²) < 4.78 is 16.6. The molecule has 0 bridgehead atoms. The maximum absolute atomic E-state index is 5.81. The van der Waals surface area contributed by atoms with Crippen LogP contribution in [-0.4, -0.2) is 33.5 Å². The molecular formula is C18H32NO3+. The summed E-state index contributed by atoms with van der Waals surface area (Å²) in [4.78, 5) is 0. The maximum atomic E-state index is 5.81. The molecule has 0 spiro atoms. The molecule has 0 unspecified atom stereocenters. The second-order valence-corrected chi connectivity index (χ2v) is 5.85. The van der Waals surface area contributed by atoms with Crippen LogP contribution in [0.3, 0.4) is 0 Å². The van der Waals surface area contributed by atoms with E-state index in [2.05, 4.69) is 31.3 Å². The summed E-state index contributed by atoms with van der Waals surface area (Å²) in [5, 5.41) is 2.30. The largest absolute Gasteiger partial charge is 0.493 e.